The molecule has 0 aromatic carbocycles. The molecular weight excluding hydrogens is 332 g/mol. The van der Waals surface area contributed by atoms with Gasteiger partial charge in [-0.3, -0.25) is 14.5 Å². The number of ether oxygens (including phenoxy) is 1. The van der Waals surface area contributed by atoms with Gasteiger partial charge in [0.2, 0.25) is 11.8 Å². The van der Waals surface area contributed by atoms with E-state index in [-0.39, 0.29) is 29.9 Å². The lowest BCUT2D eigenvalue weighted by Crippen LogP contribution is -2.51. The maximum absolute atomic E-state index is 12.5. The first kappa shape index (κ1) is 19.6. The molecule has 0 saturated carbocycles. The molecule has 0 spiro atoms. The van der Waals surface area contributed by atoms with Crippen molar-refractivity contribution in [3.63, 3.8) is 0 Å². The van der Waals surface area contributed by atoms with Gasteiger partial charge in [-0.1, -0.05) is 0 Å². The minimum atomic E-state index is 0.133. The zero-order chi connectivity index (χ0) is 18.5. The minimum absolute atomic E-state index is 0.133. The van der Waals surface area contributed by atoms with Crippen molar-refractivity contribution < 1.29 is 14.3 Å². The molecule has 1 unspecified atom stereocenters. The number of nitrogens with one attached hydrogen (secondary N) is 1. The molecule has 3 aliphatic rings. The van der Waals surface area contributed by atoms with E-state index < -0.39 is 0 Å². The Kier molecular flexibility index (Phi) is 6.89. The number of carbonyl (C=O) groups is 2. The summed E-state index contributed by atoms with van der Waals surface area (Å²) in [4.78, 5) is 31.3. The number of likely N-dealkylation sites (tertiary alicyclic amines) is 2. The quantitative estimate of drug-likeness (QED) is 0.768. The Morgan fingerprint density at radius 1 is 1.04 bits per heavy atom. The largest absolute Gasteiger partial charge is 0.375 e. The van der Waals surface area contributed by atoms with E-state index in [1.807, 2.05) is 11.8 Å². The lowest BCUT2D eigenvalue weighted by atomic mass is 9.95. The Morgan fingerprint density at radius 2 is 1.73 bits per heavy atom. The van der Waals surface area contributed by atoms with E-state index >= 15 is 0 Å². The van der Waals surface area contributed by atoms with Crippen molar-refractivity contribution in [1.29, 1.82) is 0 Å². The minimum Gasteiger partial charge on any atom is -0.375 e. The van der Waals surface area contributed by atoms with Crippen molar-refractivity contribution in [1.82, 2.24) is 20.0 Å². The molecule has 7 heteroatoms. The fourth-order valence-electron chi connectivity index (χ4n) is 4.16. The van der Waals surface area contributed by atoms with Crippen LogP contribution in [0.4, 0.5) is 0 Å². The van der Waals surface area contributed by atoms with Gasteiger partial charge in [0, 0.05) is 38.1 Å². The molecule has 3 heterocycles. The third-order valence-corrected chi connectivity index (χ3v) is 5.98. The van der Waals surface area contributed by atoms with Crippen LogP contribution in [0.2, 0.25) is 0 Å². The fourth-order valence-corrected chi connectivity index (χ4v) is 4.16. The van der Waals surface area contributed by atoms with Crippen molar-refractivity contribution in [2.45, 2.75) is 44.8 Å². The highest BCUT2D eigenvalue weighted by molar-refractivity contribution is 5.79. The van der Waals surface area contributed by atoms with Crippen LogP contribution in [-0.4, -0.2) is 98.1 Å². The topological polar surface area (TPSA) is 65.1 Å². The van der Waals surface area contributed by atoms with E-state index in [0.29, 0.717) is 26.2 Å². The van der Waals surface area contributed by atoms with Crippen LogP contribution in [0.1, 0.15) is 32.6 Å². The lowest BCUT2D eigenvalue weighted by molar-refractivity contribution is -0.139. The number of rotatable bonds is 4. The van der Waals surface area contributed by atoms with Gasteiger partial charge in [0.1, 0.15) is 0 Å². The molecule has 26 heavy (non-hydrogen) atoms. The summed E-state index contributed by atoms with van der Waals surface area (Å²) in [6.07, 6.45) is 3.94. The zero-order valence-corrected chi connectivity index (χ0v) is 16.3. The number of hydrogen-bond donors (Lipinski definition) is 1. The van der Waals surface area contributed by atoms with Gasteiger partial charge in [0.05, 0.1) is 19.3 Å². The van der Waals surface area contributed by atoms with Crippen LogP contribution in [0.15, 0.2) is 0 Å². The maximum Gasteiger partial charge on any atom is 0.236 e. The van der Waals surface area contributed by atoms with Crippen molar-refractivity contribution in [2.75, 3.05) is 59.5 Å². The molecule has 3 saturated heterocycles. The highest BCUT2D eigenvalue weighted by Gasteiger charge is 2.28. The lowest BCUT2D eigenvalue weighted by Gasteiger charge is -2.36. The van der Waals surface area contributed by atoms with E-state index in [2.05, 4.69) is 22.2 Å². The van der Waals surface area contributed by atoms with Crippen molar-refractivity contribution in [3.05, 3.63) is 0 Å². The molecule has 3 aliphatic heterocycles. The van der Waals surface area contributed by atoms with Crippen LogP contribution >= 0.6 is 0 Å². The second-order valence-electron chi connectivity index (χ2n) is 8.16. The van der Waals surface area contributed by atoms with E-state index in [4.69, 9.17) is 4.74 Å². The summed E-state index contributed by atoms with van der Waals surface area (Å²) < 4.78 is 5.50. The van der Waals surface area contributed by atoms with Crippen molar-refractivity contribution in [2.24, 2.45) is 5.92 Å². The number of carbonyl (C=O) groups excluding carboxylic acids is 2. The first-order valence-electron chi connectivity index (χ1n) is 10.1. The van der Waals surface area contributed by atoms with Gasteiger partial charge in [-0.15, -0.1) is 0 Å². The molecule has 7 nitrogen and oxygen atoms in total. The Balaban J connectivity index is 1.36. The Morgan fingerprint density at radius 3 is 2.38 bits per heavy atom. The number of morpholine rings is 1. The Hall–Kier alpha value is -1.18. The standard InChI is InChI=1S/C19H34N4O3/c1-15-13-23(11-12-26-15)18(24)14-22-9-5-17(6-10-22)20-19(25)16-3-7-21(2)8-4-16/h15-17H,3-14H2,1-2H3,(H,20,25). The smallest absolute Gasteiger partial charge is 0.236 e. The van der Waals surface area contributed by atoms with E-state index in [9.17, 15) is 9.59 Å². The molecule has 1 N–H and O–H groups in total. The van der Waals surface area contributed by atoms with E-state index in [0.717, 1.165) is 51.9 Å². The number of hydrogen-bond acceptors (Lipinski definition) is 5. The second kappa shape index (κ2) is 9.15. The predicted octanol–water partition coefficient (Wildman–Crippen LogP) is 0.156. The zero-order valence-electron chi connectivity index (χ0n) is 16.3. The highest BCUT2D eigenvalue weighted by atomic mass is 16.5. The summed E-state index contributed by atoms with van der Waals surface area (Å²) in [6, 6.07) is 0.261. The molecule has 0 radical (unpaired) electrons. The number of amides is 2. The Labute approximate surface area is 157 Å². The van der Waals surface area contributed by atoms with Crippen LogP contribution < -0.4 is 5.32 Å². The molecule has 0 bridgehead atoms. The maximum atomic E-state index is 12.5. The van der Waals surface area contributed by atoms with Crippen molar-refractivity contribution in [3.8, 4) is 0 Å². The molecule has 0 aromatic heterocycles. The van der Waals surface area contributed by atoms with E-state index in [1.54, 1.807) is 0 Å². The SMILES string of the molecule is CC1CN(C(=O)CN2CCC(NC(=O)C3CCN(C)CC3)CC2)CCO1. The monoisotopic (exact) mass is 366 g/mol. The number of piperidine rings is 2. The highest BCUT2D eigenvalue weighted by Crippen LogP contribution is 2.18. The second-order valence-corrected chi connectivity index (χ2v) is 8.16. The molecular formula is C19H34N4O3. The molecule has 2 amide bonds. The number of nitrogens with zero attached hydrogens (tertiary/aromatic N) is 3. The van der Waals surface area contributed by atoms with Gasteiger partial charge in [-0.25, -0.2) is 0 Å². The first-order valence-corrected chi connectivity index (χ1v) is 10.1. The van der Waals surface area contributed by atoms with E-state index in [1.165, 1.54) is 0 Å². The summed E-state index contributed by atoms with van der Waals surface area (Å²) in [7, 11) is 2.11. The average molecular weight is 367 g/mol. The summed E-state index contributed by atoms with van der Waals surface area (Å²) in [5.41, 5.74) is 0. The Bertz CT molecular complexity index is 485. The third kappa shape index (κ3) is 5.41. The van der Waals surface area contributed by atoms with Crippen LogP contribution in [0, 0.1) is 5.92 Å². The van der Waals surface area contributed by atoms with Gasteiger partial charge < -0.3 is 19.9 Å². The van der Waals surface area contributed by atoms with Crippen LogP contribution in [-0.2, 0) is 14.3 Å². The van der Waals surface area contributed by atoms with Gasteiger partial charge in [0.15, 0.2) is 0 Å². The van der Waals surface area contributed by atoms with Crippen LogP contribution in [0.25, 0.3) is 0 Å². The molecule has 148 valence electrons. The van der Waals surface area contributed by atoms with Crippen LogP contribution in [0.3, 0.4) is 0 Å². The summed E-state index contributed by atoms with van der Waals surface area (Å²) >= 11 is 0. The summed E-state index contributed by atoms with van der Waals surface area (Å²) in [5, 5.41) is 3.25. The molecule has 3 rings (SSSR count). The van der Waals surface area contributed by atoms with Gasteiger partial charge in [-0.05, 0) is 52.7 Å². The van der Waals surface area contributed by atoms with Gasteiger partial charge in [0.25, 0.3) is 0 Å². The van der Waals surface area contributed by atoms with Gasteiger partial charge in [-0.2, -0.15) is 0 Å². The molecule has 3 fully saturated rings. The fraction of sp³-hybridized carbons (Fsp3) is 0.895. The first-order chi connectivity index (χ1) is 12.5. The third-order valence-electron chi connectivity index (χ3n) is 5.98. The normalized spacial score (nSPS) is 27.5. The van der Waals surface area contributed by atoms with Crippen molar-refractivity contribution >= 4 is 11.8 Å². The van der Waals surface area contributed by atoms with Gasteiger partial charge >= 0.3 is 0 Å². The molecule has 0 aromatic rings. The molecule has 1 atom stereocenters. The summed E-state index contributed by atoms with van der Waals surface area (Å²) in [6.45, 7) is 8.32. The average Bonchev–Trinajstić information content (AvgIpc) is 2.64. The summed E-state index contributed by atoms with van der Waals surface area (Å²) in [5.74, 6) is 0.609. The van der Waals surface area contributed by atoms with Crippen LogP contribution in [0.5, 0.6) is 0 Å². The molecule has 0 aliphatic carbocycles. The predicted molar refractivity (Wildman–Crippen MR) is 99.8 cm³/mol.